The second-order valence-corrected chi connectivity index (χ2v) is 34.0. The number of benzene rings is 3. The average Bonchev–Trinajstić information content (AvgIpc) is 1.80. The Morgan fingerprint density at radius 2 is 1.40 bits per heavy atom. The normalized spacial score (nSPS) is 21.0. The van der Waals surface area contributed by atoms with Crippen molar-refractivity contribution in [2.45, 2.75) is 179 Å². The van der Waals surface area contributed by atoms with E-state index in [1.165, 1.54) is 71.1 Å². The monoisotopic (exact) mass is 1160 g/mol. The molecule has 1 N–H and O–H groups in total. The number of allylic oxidation sites excluding steroid dienone is 20. The molecule has 443 valence electrons. The summed E-state index contributed by atoms with van der Waals surface area (Å²) in [5.41, 5.74) is 14.8. The molecule has 5 heteroatoms. The van der Waals surface area contributed by atoms with Gasteiger partial charge in [0.15, 0.2) is 7.28 Å². The standard InChI is InChI=1S/C80H100BN2SSi/c1-19-32-60(45-52-82-72-55-70-68(77(11,12)47-49-79(70,15)16)53-66(72)58-35-27-25-28-36-58)83(61-40-42-65(43-41-61)85(62(23-5)33-20-2,63(24-6)34-21-3)64-38-29-26-30-39-64)74-67-54-69-71(80(17,18)50-48-78(69,13)14)56-73(67)84-75(74)81-51-31-37-59(22-4)76(9,10)46-44-57(7)8/h19-33,35-38,40-42,45,51-57,63-65,82H,1-6,34,39,43-44,46-50H2,7-18H3/b51-31+,52-45+,59-37+,60-32+,62-33+. The van der Waals surface area contributed by atoms with E-state index in [4.69, 9.17) is 0 Å². The number of nitrogens with one attached hydrogen (secondary N) is 1. The molecule has 4 aromatic rings. The molecule has 0 fully saturated rings. The number of hydrogen-bond donors (Lipinski definition) is 1. The fourth-order valence-corrected chi connectivity index (χ4v) is 22.1. The van der Waals surface area contributed by atoms with Crippen molar-refractivity contribution in [3.05, 3.63) is 260 Å². The lowest BCUT2D eigenvalue weighted by Crippen LogP contribution is -2.50. The highest BCUT2D eigenvalue weighted by atomic mass is 32.1. The Hall–Kier alpha value is -6.40. The summed E-state index contributed by atoms with van der Waals surface area (Å²) in [6.45, 7) is 55.2. The van der Waals surface area contributed by atoms with Crippen LogP contribution >= 0.6 is 11.3 Å². The maximum Gasteiger partial charge on any atom is 0.198 e. The lowest BCUT2D eigenvalue weighted by Gasteiger charge is -2.49. The third-order valence-corrected chi connectivity index (χ3v) is 27.4. The Bertz CT molecular complexity index is 3450. The molecule has 1 heterocycles. The summed E-state index contributed by atoms with van der Waals surface area (Å²) in [5.74, 6) is 2.90. The summed E-state index contributed by atoms with van der Waals surface area (Å²) in [6.07, 6.45) is 52.1. The lowest BCUT2D eigenvalue weighted by atomic mass is 9.62. The summed E-state index contributed by atoms with van der Waals surface area (Å²) in [7, 11) is -0.281. The first-order valence-corrected chi connectivity index (χ1v) is 34.7. The first-order valence-electron chi connectivity index (χ1n) is 31.6. The van der Waals surface area contributed by atoms with Crippen LogP contribution in [0.1, 0.15) is 163 Å². The zero-order chi connectivity index (χ0) is 61.5. The second kappa shape index (κ2) is 26.7. The van der Waals surface area contributed by atoms with Crippen molar-refractivity contribution in [2.75, 3.05) is 10.2 Å². The smallest absolute Gasteiger partial charge is 0.198 e. The van der Waals surface area contributed by atoms with E-state index in [2.05, 4.69) is 304 Å². The van der Waals surface area contributed by atoms with Crippen LogP contribution in [0.5, 0.6) is 0 Å². The fraction of sp³-hybridized carbons (Fsp3) is 0.375. The van der Waals surface area contributed by atoms with Gasteiger partial charge in [-0.25, -0.2) is 0 Å². The Morgan fingerprint density at radius 3 is 1.96 bits per heavy atom. The summed E-state index contributed by atoms with van der Waals surface area (Å²) >= 11 is 1.90. The van der Waals surface area contributed by atoms with E-state index in [0.717, 1.165) is 68.4 Å². The fourth-order valence-electron chi connectivity index (χ4n) is 14.4. The molecule has 2 nitrogen and oxygen atoms in total. The van der Waals surface area contributed by atoms with Crippen molar-refractivity contribution >= 4 is 52.9 Å². The molecule has 1 radical (unpaired) electrons. The molecule has 4 unspecified atom stereocenters. The number of rotatable bonds is 25. The Balaban J connectivity index is 1.36. The molecular formula is C80H100BN2SSi. The van der Waals surface area contributed by atoms with E-state index < -0.39 is 8.07 Å². The van der Waals surface area contributed by atoms with Crippen molar-refractivity contribution in [1.29, 1.82) is 0 Å². The van der Waals surface area contributed by atoms with E-state index >= 15 is 0 Å². The molecular weight excluding hydrogens is 1060 g/mol. The van der Waals surface area contributed by atoms with Gasteiger partial charge in [0.05, 0.1) is 5.69 Å². The van der Waals surface area contributed by atoms with Crippen LogP contribution in [-0.4, -0.2) is 15.4 Å². The molecule has 1 aromatic heterocycles. The Morgan fingerprint density at radius 1 is 0.765 bits per heavy atom. The summed E-state index contributed by atoms with van der Waals surface area (Å²) in [4.78, 5) is 2.55. The summed E-state index contributed by atoms with van der Waals surface area (Å²) < 4.78 is 2.48. The molecule has 3 aromatic carbocycles. The SMILES string of the molecule is C=C/C=C(\C=C\Nc1cc2c(cc1-c1ccccc1)C(C)(C)CCC2(C)C)N(C1=CCC([Si](/C(C=C)=C/C=C)(C(C=C)CC=C)C2C=CC=CC2)C=C1)c1c([B]/C=C/C=C(\C=C)C(C)(C)CCC(C)C)sc2cc3c(cc12)C(C)(C)CCC3(C)C. The van der Waals surface area contributed by atoms with Gasteiger partial charge in [-0.2, -0.15) is 0 Å². The van der Waals surface area contributed by atoms with E-state index in [1.54, 1.807) is 0 Å². The molecule has 0 bridgehead atoms. The zero-order valence-electron chi connectivity index (χ0n) is 54.1. The average molecular weight is 1160 g/mol. The van der Waals surface area contributed by atoms with E-state index in [0.29, 0.717) is 11.5 Å². The van der Waals surface area contributed by atoms with Gasteiger partial charge in [0, 0.05) is 38.9 Å². The van der Waals surface area contributed by atoms with Crippen molar-refractivity contribution in [2.24, 2.45) is 11.3 Å². The quantitative estimate of drug-likeness (QED) is 0.0404. The van der Waals surface area contributed by atoms with Crippen molar-refractivity contribution < 1.29 is 0 Å². The summed E-state index contributed by atoms with van der Waals surface area (Å²) in [6, 6.07) is 21.0. The molecule has 4 aliphatic rings. The third-order valence-electron chi connectivity index (χ3n) is 19.9. The van der Waals surface area contributed by atoms with Gasteiger partial charge in [0.25, 0.3) is 0 Å². The van der Waals surface area contributed by atoms with Gasteiger partial charge in [-0.15, -0.1) is 30.5 Å². The molecule has 4 aliphatic carbocycles. The number of anilines is 2. The number of thiophene rings is 1. The molecule has 0 aliphatic heterocycles. The topological polar surface area (TPSA) is 15.3 Å². The van der Waals surface area contributed by atoms with Gasteiger partial charge in [-0.05, 0) is 182 Å². The van der Waals surface area contributed by atoms with Gasteiger partial charge in [0.2, 0.25) is 0 Å². The van der Waals surface area contributed by atoms with Crippen LogP contribution in [0, 0.1) is 11.3 Å². The highest BCUT2D eigenvalue weighted by Gasteiger charge is 2.52. The molecule has 8 rings (SSSR count). The largest absolute Gasteiger partial charge is 0.361 e. The van der Waals surface area contributed by atoms with E-state index in [-0.39, 0.29) is 38.2 Å². The maximum atomic E-state index is 4.56. The predicted octanol–water partition coefficient (Wildman–Crippen LogP) is 22.7. The van der Waals surface area contributed by atoms with Crippen LogP contribution in [0.2, 0.25) is 16.6 Å². The van der Waals surface area contributed by atoms with Gasteiger partial charge in [0.1, 0.15) is 8.07 Å². The maximum absolute atomic E-state index is 4.56. The van der Waals surface area contributed by atoms with Crippen LogP contribution < -0.4 is 15.0 Å². The van der Waals surface area contributed by atoms with Crippen molar-refractivity contribution in [3.8, 4) is 11.1 Å². The van der Waals surface area contributed by atoms with Crippen LogP contribution in [0.25, 0.3) is 21.2 Å². The van der Waals surface area contributed by atoms with E-state index in [1.807, 2.05) is 23.5 Å². The van der Waals surface area contributed by atoms with Crippen LogP contribution in [0.15, 0.2) is 238 Å². The van der Waals surface area contributed by atoms with Crippen LogP contribution in [0.4, 0.5) is 11.4 Å². The van der Waals surface area contributed by atoms with Crippen LogP contribution in [-0.2, 0) is 21.7 Å². The lowest BCUT2D eigenvalue weighted by molar-refractivity contribution is 0.332. The minimum atomic E-state index is -2.64. The Labute approximate surface area is 521 Å². The van der Waals surface area contributed by atoms with Gasteiger partial charge >= 0.3 is 0 Å². The van der Waals surface area contributed by atoms with E-state index in [9.17, 15) is 0 Å². The van der Waals surface area contributed by atoms with Crippen molar-refractivity contribution in [1.82, 2.24) is 0 Å². The zero-order valence-corrected chi connectivity index (χ0v) is 55.9. The molecule has 0 saturated carbocycles. The molecule has 0 saturated heterocycles. The highest BCUT2D eigenvalue weighted by molar-refractivity contribution is 7.28. The highest BCUT2D eigenvalue weighted by Crippen LogP contribution is 2.56. The van der Waals surface area contributed by atoms with Gasteiger partial charge in [-0.1, -0.05) is 242 Å². The first kappa shape index (κ1) is 64.6. The first-order chi connectivity index (χ1) is 40.4. The minimum Gasteiger partial charge on any atom is -0.361 e. The summed E-state index contributed by atoms with van der Waals surface area (Å²) in [5, 5.41) is 6.51. The van der Waals surface area contributed by atoms with Crippen LogP contribution in [0.3, 0.4) is 0 Å². The molecule has 0 amide bonds. The predicted molar refractivity (Wildman–Crippen MR) is 384 cm³/mol. The molecule has 4 atom stereocenters. The number of hydrogen-bond acceptors (Lipinski definition) is 3. The molecule has 85 heavy (non-hydrogen) atoms. The molecule has 0 spiro atoms. The number of fused-ring (bicyclic) bond motifs is 3. The minimum absolute atomic E-state index is 0.000469. The van der Waals surface area contributed by atoms with Crippen molar-refractivity contribution in [3.63, 3.8) is 0 Å². The number of nitrogens with zero attached hydrogens (tertiary/aromatic N) is 1. The Kier molecular flexibility index (Phi) is 20.3. The second-order valence-electron chi connectivity index (χ2n) is 28.2. The van der Waals surface area contributed by atoms with Gasteiger partial charge in [-0.3, -0.25) is 0 Å². The van der Waals surface area contributed by atoms with Gasteiger partial charge < -0.3 is 10.2 Å². The third kappa shape index (κ3) is 13.4.